The van der Waals surface area contributed by atoms with E-state index in [4.69, 9.17) is 4.98 Å². The summed E-state index contributed by atoms with van der Waals surface area (Å²) in [5.74, 6) is -0.0754. The first-order chi connectivity index (χ1) is 14.5. The van der Waals surface area contributed by atoms with Crippen molar-refractivity contribution in [3.05, 3.63) is 51.4 Å². The molecule has 0 radical (unpaired) electrons. The third-order valence-corrected chi connectivity index (χ3v) is 6.76. The molecule has 0 fully saturated rings. The fourth-order valence-corrected chi connectivity index (χ4v) is 4.85. The number of amides is 1. The van der Waals surface area contributed by atoms with Crippen molar-refractivity contribution in [3.8, 4) is 10.6 Å². The highest BCUT2D eigenvalue weighted by atomic mass is 32.1. The van der Waals surface area contributed by atoms with Crippen LogP contribution in [0.15, 0.2) is 35.2 Å². The molecule has 0 bridgehead atoms. The van der Waals surface area contributed by atoms with Crippen LogP contribution in [0.1, 0.15) is 53.8 Å². The van der Waals surface area contributed by atoms with Crippen LogP contribution in [-0.4, -0.2) is 32.2 Å². The van der Waals surface area contributed by atoms with Crippen molar-refractivity contribution in [1.82, 2.24) is 25.1 Å². The average molecular weight is 440 g/mol. The van der Waals surface area contributed by atoms with Gasteiger partial charge in [0.15, 0.2) is 5.65 Å². The van der Waals surface area contributed by atoms with Gasteiger partial charge in [-0.1, -0.05) is 6.07 Å². The summed E-state index contributed by atoms with van der Waals surface area (Å²) in [7, 11) is 0. The topological polar surface area (TPSA) is 72.7 Å². The van der Waals surface area contributed by atoms with Crippen LogP contribution < -0.4 is 5.32 Å². The van der Waals surface area contributed by atoms with Gasteiger partial charge in [0.2, 0.25) is 0 Å². The first-order valence-corrected chi connectivity index (χ1v) is 11.9. The molecule has 4 rings (SSSR count). The molecule has 4 heterocycles. The highest BCUT2D eigenvalue weighted by Crippen LogP contribution is 2.28. The summed E-state index contributed by atoms with van der Waals surface area (Å²) >= 11 is 3.32. The number of hydrogen-bond acceptors (Lipinski definition) is 6. The van der Waals surface area contributed by atoms with Gasteiger partial charge in [0.25, 0.3) is 5.91 Å². The maximum Gasteiger partial charge on any atom is 0.252 e. The Bertz CT molecular complexity index is 1140. The van der Waals surface area contributed by atoms with Crippen molar-refractivity contribution in [2.45, 2.75) is 46.1 Å². The van der Waals surface area contributed by atoms with Gasteiger partial charge in [-0.2, -0.15) is 5.10 Å². The van der Waals surface area contributed by atoms with E-state index in [1.165, 1.54) is 0 Å². The minimum Gasteiger partial charge on any atom is -0.352 e. The molecule has 6 nitrogen and oxygen atoms in total. The van der Waals surface area contributed by atoms with Crippen LogP contribution >= 0.6 is 22.7 Å². The van der Waals surface area contributed by atoms with Gasteiger partial charge in [-0.15, -0.1) is 22.7 Å². The van der Waals surface area contributed by atoms with Gasteiger partial charge in [0, 0.05) is 23.7 Å². The lowest BCUT2D eigenvalue weighted by molar-refractivity contribution is 0.0954. The van der Waals surface area contributed by atoms with E-state index in [1.807, 2.05) is 35.2 Å². The molecular formula is C22H25N5OS2. The molecule has 156 valence electrons. The largest absolute Gasteiger partial charge is 0.352 e. The summed E-state index contributed by atoms with van der Waals surface area (Å²) in [6.07, 6.45) is 4.63. The van der Waals surface area contributed by atoms with E-state index in [0.29, 0.717) is 12.1 Å². The molecule has 4 aromatic heterocycles. The number of unbranched alkanes of at least 4 members (excludes halogenated alkanes) is 1. The summed E-state index contributed by atoms with van der Waals surface area (Å²) in [4.78, 5) is 23.4. The number of rotatable bonds is 8. The van der Waals surface area contributed by atoms with Crippen molar-refractivity contribution in [2.75, 3.05) is 6.54 Å². The third kappa shape index (κ3) is 4.44. The Kier molecular flexibility index (Phi) is 6.24. The third-order valence-electron chi connectivity index (χ3n) is 4.84. The monoisotopic (exact) mass is 439 g/mol. The number of aryl methyl sites for hydroxylation is 2. The van der Waals surface area contributed by atoms with Crippen molar-refractivity contribution in [2.24, 2.45) is 0 Å². The van der Waals surface area contributed by atoms with Crippen molar-refractivity contribution in [1.29, 1.82) is 0 Å². The number of nitrogens with one attached hydrogen (secondary N) is 1. The number of carbonyl (C=O) groups is 1. The lowest BCUT2D eigenvalue weighted by atomic mass is 10.1. The van der Waals surface area contributed by atoms with E-state index in [0.717, 1.165) is 51.6 Å². The van der Waals surface area contributed by atoms with Crippen molar-refractivity contribution >= 4 is 39.6 Å². The zero-order chi connectivity index (χ0) is 21.1. The van der Waals surface area contributed by atoms with Crippen LogP contribution in [0.5, 0.6) is 0 Å². The highest BCUT2D eigenvalue weighted by Gasteiger charge is 2.18. The van der Waals surface area contributed by atoms with Gasteiger partial charge in [-0.3, -0.25) is 4.79 Å². The number of hydrogen-bond donors (Lipinski definition) is 1. The SMILES string of the molecule is Cc1csc(CCCCNC(=O)c2cc(-c3cccs3)nc3c2cnn3C(C)C)n1. The van der Waals surface area contributed by atoms with Crippen LogP contribution in [0.4, 0.5) is 0 Å². The summed E-state index contributed by atoms with van der Waals surface area (Å²) in [6.45, 7) is 6.78. The van der Waals surface area contributed by atoms with Gasteiger partial charge in [0.1, 0.15) is 0 Å². The van der Waals surface area contributed by atoms with Crippen molar-refractivity contribution in [3.63, 3.8) is 0 Å². The minimum atomic E-state index is -0.0754. The standard InChI is InChI=1S/C22H25N5OS2/c1-14(2)27-21-17(12-24-27)16(11-18(26-21)19-7-6-10-29-19)22(28)23-9-5-4-8-20-25-15(3)13-30-20/h6-7,10-14H,4-5,8-9H2,1-3H3,(H,23,28). The molecule has 1 N–H and O–H groups in total. The number of thiazole rings is 1. The van der Waals surface area contributed by atoms with E-state index in [-0.39, 0.29) is 11.9 Å². The maximum atomic E-state index is 13.0. The van der Waals surface area contributed by atoms with Gasteiger partial charge in [-0.25, -0.2) is 14.6 Å². The second-order valence-corrected chi connectivity index (χ2v) is 9.44. The summed E-state index contributed by atoms with van der Waals surface area (Å²) < 4.78 is 1.87. The Morgan fingerprint density at radius 2 is 2.10 bits per heavy atom. The molecule has 0 saturated heterocycles. The molecule has 0 aliphatic rings. The maximum absolute atomic E-state index is 13.0. The van der Waals surface area contributed by atoms with E-state index in [1.54, 1.807) is 28.9 Å². The first kappa shape index (κ1) is 20.7. The zero-order valence-electron chi connectivity index (χ0n) is 17.4. The molecule has 0 aromatic carbocycles. The first-order valence-electron chi connectivity index (χ1n) is 10.1. The van der Waals surface area contributed by atoms with Gasteiger partial charge in [-0.05, 0) is 57.5 Å². The van der Waals surface area contributed by atoms with Crippen LogP contribution in [0, 0.1) is 6.92 Å². The number of nitrogens with zero attached hydrogens (tertiary/aromatic N) is 4. The molecule has 8 heteroatoms. The van der Waals surface area contributed by atoms with Crippen LogP contribution in [0.25, 0.3) is 21.6 Å². The number of carbonyl (C=O) groups excluding carboxylic acids is 1. The summed E-state index contributed by atoms with van der Waals surface area (Å²) in [6, 6.07) is 6.07. The molecule has 0 aliphatic heterocycles. The number of fused-ring (bicyclic) bond motifs is 1. The van der Waals surface area contributed by atoms with E-state index in [2.05, 4.69) is 34.6 Å². The molecule has 1 amide bonds. The number of aromatic nitrogens is 4. The van der Waals surface area contributed by atoms with E-state index < -0.39 is 0 Å². The normalized spacial score (nSPS) is 11.5. The predicted octanol–water partition coefficient (Wildman–Crippen LogP) is 5.26. The lowest BCUT2D eigenvalue weighted by Gasteiger charge is -2.10. The van der Waals surface area contributed by atoms with E-state index >= 15 is 0 Å². The van der Waals surface area contributed by atoms with Crippen LogP contribution in [0.3, 0.4) is 0 Å². The minimum absolute atomic E-state index is 0.0754. The fraction of sp³-hybridized carbons (Fsp3) is 0.364. The average Bonchev–Trinajstić information content (AvgIpc) is 3.47. The molecule has 0 atom stereocenters. The quantitative estimate of drug-likeness (QED) is 0.380. The number of pyridine rings is 1. The second-order valence-electron chi connectivity index (χ2n) is 7.55. The van der Waals surface area contributed by atoms with Crippen LogP contribution in [0.2, 0.25) is 0 Å². The van der Waals surface area contributed by atoms with Gasteiger partial charge in [0.05, 0.1) is 32.7 Å². The fourth-order valence-electron chi connectivity index (χ4n) is 3.35. The molecule has 30 heavy (non-hydrogen) atoms. The Balaban J connectivity index is 1.49. The predicted molar refractivity (Wildman–Crippen MR) is 123 cm³/mol. The van der Waals surface area contributed by atoms with Crippen molar-refractivity contribution < 1.29 is 4.79 Å². The Labute approximate surface area is 184 Å². The lowest BCUT2D eigenvalue weighted by Crippen LogP contribution is -2.25. The molecule has 0 unspecified atom stereocenters. The molecule has 0 aliphatic carbocycles. The summed E-state index contributed by atoms with van der Waals surface area (Å²) in [5.41, 5.74) is 3.27. The van der Waals surface area contributed by atoms with Gasteiger partial charge < -0.3 is 5.32 Å². The highest BCUT2D eigenvalue weighted by molar-refractivity contribution is 7.13. The Morgan fingerprint density at radius 1 is 1.23 bits per heavy atom. The smallest absolute Gasteiger partial charge is 0.252 e. The molecule has 4 aromatic rings. The second kappa shape index (κ2) is 9.06. The van der Waals surface area contributed by atoms with E-state index in [9.17, 15) is 4.79 Å². The summed E-state index contributed by atoms with van der Waals surface area (Å²) in [5, 5.41) is 13.6. The zero-order valence-corrected chi connectivity index (χ0v) is 19.0. The molecular weight excluding hydrogens is 414 g/mol. The Morgan fingerprint density at radius 3 is 2.80 bits per heavy atom. The van der Waals surface area contributed by atoms with Gasteiger partial charge >= 0.3 is 0 Å². The van der Waals surface area contributed by atoms with Crippen LogP contribution in [-0.2, 0) is 6.42 Å². The number of thiophene rings is 1. The molecule has 0 saturated carbocycles. The molecule has 0 spiro atoms. The Hall–Kier alpha value is -2.58.